The van der Waals surface area contributed by atoms with E-state index in [2.05, 4.69) is 5.32 Å². The van der Waals surface area contributed by atoms with E-state index in [1.807, 2.05) is 5.38 Å². The van der Waals surface area contributed by atoms with Crippen molar-refractivity contribution in [1.82, 2.24) is 0 Å². The van der Waals surface area contributed by atoms with E-state index in [1.165, 1.54) is 16.9 Å². The summed E-state index contributed by atoms with van der Waals surface area (Å²) in [6.45, 7) is 0. The third-order valence-corrected chi connectivity index (χ3v) is 5.12. The van der Waals surface area contributed by atoms with Crippen LogP contribution >= 0.6 is 34.5 Å². The number of hydrogen-bond donors (Lipinski definition) is 1. The van der Waals surface area contributed by atoms with E-state index < -0.39 is 0 Å². The van der Waals surface area contributed by atoms with E-state index in [9.17, 15) is 4.79 Å². The summed E-state index contributed by atoms with van der Waals surface area (Å²) >= 11 is 13.6. The highest BCUT2D eigenvalue weighted by Crippen LogP contribution is 2.31. The number of carbonyl (C=O) groups is 1. The molecule has 1 aromatic carbocycles. The molecule has 5 heteroatoms. The number of fused-ring (bicyclic) bond motifs is 1. The Bertz CT molecular complexity index is 666. The Hall–Kier alpha value is -1.03. The summed E-state index contributed by atoms with van der Waals surface area (Å²) in [6.07, 6.45) is 4.47. The number of halogens is 2. The SMILES string of the molecule is O=C(Nc1ccc(Cl)cc1Cl)c1csc2c1CCCC2. The number of carbonyl (C=O) groups excluding carboxylic acids is 1. The van der Waals surface area contributed by atoms with Gasteiger partial charge in [-0.2, -0.15) is 0 Å². The monoisotopic (exact) mass is 325 g/mol. The third kappa shape index (κ3) is 2.71. The van der Waals surface area contributed by atoms with Crippen LogP contribution in [0.3, 0.4) is 0 Å². The van der Waals surface area contributed by atoms with Crippen molar-refractivity contribution in [1.29, 1.82) is 0 Å². The molecule has 1 amide bonds. The maximum Gasteiger partial charge on any atom is 0.256 e. The molecule has 0 atom stereocenters. The first-order valence-electron chi connectivity index (χ1n) is 6.51. The third-order valence-electron chi connectivity index (χ3n) is 3.49. The van der Waals surface area contributed by atoms with Crippen molar-refractivity contribution in [3.8, 4) is 0 Å². The number of hydrogen-bond acceptors (Lipinski definition) is 2. The van der Waals surface area contributed by atoms with E-state index >= 15 is 0 Å². The van der Waals surface area contributed by atoms with Gasteiger partial charge in [0.25, 0.3) is 5.91 Å². The molecular formula is C15H13Cl2NOS. The summed E-state index contributed by atoms with van der Waals surface area (Å²) in [6, 6.07) is 5.06. The Balaban J connectivity index is 1.84. The van der Waals surface area contributed by atoms with Crippen LogP contribution in [0.1, 0.15) is 33.6 Å². The Morgan fingerprint density at radius 2 is 2.00 bits per heavy atom. The first-order chi connectivity index (χ1) is 9.65. The number of benzene rings is 1. The zero-order chi connectivity index (χ0) is 14.1. The van der Waals surface area contributed by atoms with Gasteiger partial charge in [-0.05, 0) is 49.4 Å². The van der Waals surface area contributed by atoms with Crippen LogP contribution in [0.15, 0.2) is 23.6 Å². The fourth-order valence-electron chi connectivity index (χ4n) is 2.46. The predicted octanol–water partition coefficient (Wildman–Crippen LogP) is 5.19. The topological polar surface area (TPSA) is 29.1 Å². The maximum atomic E-state index is 12.4. The molecule has 0 spiro atoms. The van der Waals surface area contributed by atoms with E-state index in [1.54, 1.807) is 29.5 Å². The van der Waals surface area contributed by atoms with Gasteiger partial charge < -0.3 is 5.32 Å². The standard InChI is InChI=1S/C15H13Cl2NOS/c16-9-5-6-13(12(17)7-9)18-15(19)11-8-20-14-4-2-1-3-10(11)14/h5-8H,1-4H2,(H,18,19). The molecular weight excluding hydrogens is 313 g/mol. The Kier molecular flexibility index (Phi) is 4.01. The maximum absolute atomic E-state index is 12.4. The van der Waals surface area contributed by atoms with Crippen molar-refractivity contribution in [2.75, 3.05) is 5.32 Å². The van der Waals surface area contributed by atoms with Crippen molar-refractivity contribution in [2.45, 2.75) is 25.7 Å². The minimum absolute atomic E-state index is 0.0892. The van der Waals surface area contributed by atoms with E-state index in [4.69, 9.17) is 23.2 Å². The van der Waals surface area contributed by atoms with Crippen LogP contribution < -0.4 is 5.32 Å². The minimum Gasteiger partial charge on any atom is -0.321 e. The second-order valence-electron chi connectivity index (χ2n) is 4.84. The van der Waals surface area contributed by atoms with Crippen LogP contribution in [0.2, 0.25) is 10.0 Å². The molecule has 20 heavy (non-hydrogen) atoms. The molecule has 0 fully saturated rings. The molecule has 0 saturated heterocycles. The second-order valence-corrected chi connectivity index (χ2v) is 6.64. The van der Waals surface area contributed by atoms with Crippen molar-refractivity contribution in [3.05, 3.63) is 49.6 Å². The molecule has 104 valence electrons. The molecule has 1 aliphatic rings. The van der Waals surface area contributed by atoms with E-state index in [-0.39, 0.29) is 5.91 Å². The van der Waals surface area contributed by atoms with Crippen LogP contribution in [-0.4, -0.2) is 5.91 Å². The van der Waals surface area contributed by atoms with Gasteiger partial charge in [-0.1, -0.05) is 23.2 Å². The van der Waals surface area contributed by atoms with Crippen LogP contribution in [-0.2, 0) is 12.8 Å². The van der Waals surface area contributed by atoms with Crippen LogP contribution in [0.4, 0.5) is 5.69 Å². The van der Waals surface area contributed by atoms with Gasteiger partial charge in [0.15, 0.2) is 0 Å². The first kappa shape index (κ1) is 13.9. The van der Waals surface area contributed by atoms with Crippen molar-refractivity contribution in [2.24, 2.45) is 0 Å². The summed E-state index contributed by atoms with van der Waals surface area (Å²) in [5, 5.41) is 5.83. The fraction of sp³-hybridized carbons (Fsp3) is 0.267. The number of amides is 1. The van der Waals surface area contributed by atoms with Crippen molar-refractivity contribution < 1.29 is 4.79 Å². The average molecular weight is 326 g/mol. The molecule has 1 aliphatic carbocycles. The van der Waals surface area contributed by atoms with Gasteiger partial charge in [0.05, 0.1) is 16.3 Å². The molecule has 1 N–H and O–H groups in total. The van der Waals surface area contributed by atoms with Crippen molar-refractivity contribution in [3.63, 3.8) is 0 Å². The lowest BCUT2D eigenvalue weighted by Gasteiger charge is -2.13. The number of rotatable bonds is 2. The molecule has 0 unspecified atom stereocenters. The van der Waals surface area contributed by atoms with Gasteiger partial charge in [0.2, 0.25) is 0 Å². The second kappa shape index (κ2) is 5.76. The van der Waals surface area contributed by atoms with Crippen LogP contribution in [0.25, 0.3) is 0 Å². The van der Waals surface area contributed by atoms with Gasteiger partial charge in [0, 0.05) is 15.3 Å². The predicted molar refractivity (Wildman–Crippen MR) is 85.4 cm³/mol. The lowest BCUT2D eigenvalue weighted by Crippen LogP contribution is -2.14. The molecule has 0 radical (unpaired) electrons. The molecule has 0 bridgehead atoms. The first-order valence-corrected chi connectivity index (χ1v) is 8.14. The molecule has 1 aromatic heterocycles. The summed E-state index contributed by atoms with van der Waals surface area (Å²) in [4.78, 5) is 13.7. The molecule has 0 saturated carbocycles. The van der Waals surface area contributed by atoms with Gasteiger partial charge in [0.1, 0.15) is 0 Å². The highest BCUT2D eigenvalue weighted by Gasteiger charge is 2.20. The lowest BCUT2D eigenvalue weighted by molar-refractivity contribution is 0.102. The molecule has 3 rings (SSSR count). The highest BCUT2D eigenvalue weighted by atomic mass is 35.5. The molecule has 1 heterocycles. The highest BCUT2D eigenvalue weighted by molar-refractivity contribution is 7.10. The van der Waals surface area contributed by atoms with Gasteiger partial charge in [-0.15, -0.1) is 11.3 Å². The van der Waals surface area contributed by atoms with E-state index in [0.29, 0.717) is 15.7 Å². The normalized spacial score (nSPS) is 13.9. The zero-order valence-electron chi connectivity index (χ0n) is 10.7. The van der Waals surface area contributed by atoms with Gasteiger partial charge in [-0.3, -0.25) is 4.79 Å². The summed E-state index contributed by atoms with van der Waals surface area (Å²) in [7, 11) is 0. The molecule has 0 aliphatic heterocycles. The van der Waals surface area contributed by atoms with E-state index in [0.717, 1.165) is 24.8 Å². The van der Waals surface area contributed by atoms with Crippen molar-refractivity contribution >= 4 is 46.1 Å². The van der Waals surface area contributed by atoms with Gasteiger partial charge in [-0.25, -0.2) is 0 Å². The Morgan fingerprint density at radius 1 is 1.20 bits per heavy atom. The van der Waals surface area contributed by atoms with Gasteiger partial charge >= 0.3 is 0 Å². The summed E-state index contributed by atoms with van der Waals surface area (Å²) in [5.41, 5.74) is 2.59. The fourth-order valence-corrected chi connectivity index (χ4v) is 4.05. The largest absolute Gasteiger partial charge is 0.321 e. The van der Waals surface area contributed by atoms with Crippen LogP contribution in [0.5, 0.6) is 0 Å². The minimum atomic E-state index is -0.0892. The smallest absolute Gasteiger partial charge is 0.256 e. The summed E-state index contributed by atoms with van der Waals surface area (Å²) < 4.78 is 0. The van der Waals surface area contributed by atoms with Crippen LogP contribution in [0, 0.1) is 0 Å². The average Bonchev–Trinajstić information content (AvgIpc) is 2.86. The molecule has 2 aromatic rings. The number of anilines is 1. The Morgan fingerprint density at radius 3 is 2.80 bits per heavy atom. The summed E-state index contributed by atoms with van der Waals surface area (Å²) in [5.74, 6) is -0.0892. The lowest BCUT2D eigenvalue weighted by atomic mass is 9.95. The Labute approximate surface area is 131 Å². The molecule has 2 nitrogen and oxygen atoms in total. The number of thiophene rings is 1. The number of aryl methyl sites for hydroxylation is 1. The zero-order valence-corrected chi connectivity index (χ0v) is 13.0. The number of nitrogens with one attached hydrogen (secondary N) is 1. The quantitative estimate of drug-likeness (QED) is 0.809.